The van der Waals surface area contributed by atoms with Gasteiger partial charge in [-0.05, 0) is 43.4 Å². The fraction of sp³-hybridized carbons (Fsp3) is 0.933. The molecule has 98 valence electrons. The second-order valence-corrected chi connectivity index (χ2v) is 6.69. The first-order chi connectivity index (χ1) is 7.83. The average molecular weight is 237 g/mol. The van der Waals surface area contributed by atoms with Gasteiger partial charge in [-0.3, -0.25) is 0 Å². The van der Waals surface area contributed by atoms with E-state index in [4.69, 9.17) is 5.26 Å². The fourth-order valence-corrected chi connectivity index (χ4v) is 3.15. The van der Waals surface area contributed by atoms with Crippen LogP contribution in [0, 0.1) is 28.6 Å². The summed E-state index contributed by atoms with van der Waals surface area (Å²) in [4.78, 5) is 0. The van der Waals surface area contributed by atoms with E-state index >= 15 is 0 Å². The summed E-state index contributed by atoms with van der Waals surface area (Å²) in [7, 11) is 0. The van der Waals surface area contributed by atoms with Gasteiger partial charge < -0.3 is 5.11 Å². The zero-order chi connectivity index (χ0) is 13.1. The van der Waals surface area contributed by atoms with Crippen molar-refractivity contribution in [1.82, 2.24) is 0 Å². The Morgan fingerprint density at radius 2 is 2.00 bits per heavy atom. The molecule has 2 heteroatoms. The van der Waals surface area contributed by atoms with Gasteiger partial charge in [0.2, 0.25) is 0 Å². The maximum absolute atomic E-state index is 10.7. The highest BCUT2D eigenvalue weighted by atomic mass is 16.3. The molecular weight excluding hydrogens is 210 g/mol. The first kappa shape index (κ1) is 14.5. The maximum atomic E-state index is 10.7. The van der Waals surface area contributed by atoms with Crippen LogP contribution in [0.1, 0.15) is 66.2 Å². The molecule has 1 fully saturated rings. The van der Waals surface area contributed by atoms with Gasteiger partial charge in [0.1, 0.15) is 0 Å². The maximum Gasteiger partial charge on any atom is 0.0805 e. The van der Waals surface area contributed by atoms with Gasteiger partial charge in [0, 0.05) is 0 Å². The SMILES string of the molecule is CCC(C#N)C1(O)CCCC(C(C)(C)C)CC1. The molecule has 0 heterocycles. The van der Waals surface area contributed by atoms with E-state index in [1.165, 1.54) is 6.42 Å². The number of rotatable bonds is 2. The summed E-state index contributed by atoms with van der Waals surface area (Å²) in [6, 6.07) is 2.29. The van der Waals surface area contributed by atoms with Crippen molar-refractivity contribution < 1.29 is 5.11 Å². The van der Waals surface area contributed by atoms with Gasteiger partial charge in [-0.25, -0.2) is 0 Å². The third kappa shape index (κ3) is 3.45. The molecule has 2 nitrogen and oxygen atoms in total. The quantitative estimate of drug-likeness (QED) is 0.740. The van der Waals surface area contributed by atoms with Crippen molar-refractivity contribution in [3.05, 3.63) is 0 Å². The average Bonchev–Trinajstić information content (AvgIpc) is 2.42. The van der Waals surface area contributed by atoms with E-state index in [0.29, 0.717) is 11.3 Å². The minimum Gasteiger partial charge on any atom is -0.389 e. The molecule has 0 aromatic heterocycles. The molecule has 0 aliphatic heterocycles. The second-order valence-electron chi connectivity index (χ2n) is 6.69. The number of hydrogen-bond donors (Lipinski definition) is 1. The Labute approximate surface area is 106 Å². The number of aliphatic hydroxyl groups is 1. The lowest BCUT2D eigenvalue weighted by molar-refractivity contribution is -0.0152. The molecule has 0 saturated heterocycles. The standard InChI is InChI=1S/C15H27NO/c1-5-12(11-16)15(17)9-6-7-13(8-10-15)14(2,3)4/h12-13,17H,5-10H2,1-4H3. The smallest absolute Gasteiger partial charge is 0.0805 e. The Hall–Kier alpha value is -0.550. The molecule has 1 aliphatic rings. The van der Waals surface area contributed by atoms with Gasteiger partial charge in [0.25, 0.3) is 0 Å². The van der Waals surface area contributed by atoms with Crippen LogP contribution >= 0.6 is 0 Å². The largest absolute Gasteiger partial charge is 0.389 e. The van der Waals surface area contributed by atoms with Crippen LogP contribution < -0.4 is 0 Å². The van der Waals surface area contributed by atoms with Gasteiger partial charge in [-0.1, -0.05) is 34.1 Å². The number of hydrogen-bond acceptors (Lipinski definition) is 2. The van der Waals surface area contributed by atoms with Crippen LogP contribution in [0.5, 0.6) is 0 Å². The molecule has 3 atom stereocenters. The number of nitriles is 1. The minimum atomic E-state index is -0.733. The molecule has 1 saturated carbocycles. The lowest BCUT2D eigenvalue weighted by atomic mass is 9.75. The highest BCUT2D eigenvalue weighted by Gasteiger charge is 2.39. The van der Waals surface area contributed by atoms with Crippen LogP contribution in [0.3, 0.4) is 0 Å². The predicted octanol–water partition coefficient (Wildman–Crippen LogP) is 3.89. The van der Waals surface area contributed by atoms with Crippen LogP contribution in [0.15, 0.2) is 0 Å². The van der Waals surface area contributed by atoms with Crippen molar-refractivity contribution in [3.8, 4) is 6.07 Å². The molecule has 0 radical (unpaired) electrons. The summed E-state index contributed by atoms with van der Waals surface area (Å²) < 4.78 is 0. The van der Waals surface area contributed by atoms with Crippen molar-refractivity contribution >= 4 is 0 Å². The molecule has 1 N–H and O–H groups in total. The molecule has 0 aromatic rings. The molecule has 1 aliphatic carbocycles. The van der Waals surface area contributed by atoms with Crippen LogP contribution in [-0.4, -0.2) is 10.7 Å². The first-order valence-electron chi connectivity index (χ1n) is 6.95. The molecular formula is C15H27NO. The second kappa shape index (κ2) is 5.40. The summed E-state index contributed by atoms with van der Waals surface area (Å²) >= 11 is 0. The molecule has 0 spiro atoms. The van der Waals surface area contributed by atoms with Crippen LogP contribution in [0.25, 0.3) is 0 Å². The Kier molecular flexibility index (Phi) is 4.61. The van der Waals surface area contributed by atoms with Crippen molar-refractivity contribution in [2.75, 3.05) is 0 Å². The van der Waals surface area contributed by atoms with E-state index in [1.807, 2.05) is 6.92 Å². The van der Waals surface area contributed by atoms with E-state index in [0.717, 1.165) is 32.1 Å². The molecule has 0 bridgehead atoms. The minimum absolute atomic E-state index is 0.193. The normalized spacial score (nSPS) is 32.6. The van der Waals surface area contributed by atoms with Gasteiger partial charge in [0.05, 0.1) is 17.6 Å². The zero-order valence-electron chi connectivity index (χ0n) is 11.8. The zero-order valence-corrected chi connectivity index (χ0v) is 11.8. The lowest BCUT2D eigenvalue weighted by Crippen LogP contribution is -2.36. The Morgan fingerprint density at radius 3 is 2.47 bits per heavy atom. The summed E-state index contributed by atoms with van der Waals surface area (Å²) in [6.45, 7) is 8.84. The highest BCUT2D eigenvalue weighted by Crippen LogP contribution is 2.42. The van der Waals surface area contributed by atoms with Crippen molar-refractivity contribution in [2.24, 2.45) is 17.3 Å². The molecule has 3 unspecified atom stereocenters. The van der Waals surface area contributed by atoms with Crippen molar-refractivity contribution in [3.63, 3.8) is 0 Å². The molecule has 0 aromatic carbocycles. The Morgan fingerprint density at radius 1 is 1.35 bits per heavy atom. The monoisotopic (exact) mass is 237 g/mol. The van der Waals surface area contributed by atoms with Gasteiger partial charge in [-0.15, -0.1) is 0 Å². The summed E-state index contributed by atoms with van der Waals surface area (Å²) in [5.74, 6) is 0.481. The first-order valence-corrected chi connectivity index (χ1v) is 6.95. The van der Waals surface area contributed by atoms with Gasteiger partial charge in [-0.2, -0.15) is 5.26 Å². The summed E-state index contributed by atoms with van der Waals surface area (Å²) in [6.07, 6.45) is 5.64. The third-order valence-electron chi connectivity index (χ3n) is 4.53. The van der Waals surface area contributed by atoms with E-state index < -0.39 is 5.60 Å². The van der Waals surface area contributed by atoms with Crippen molar-refractivity contribution in [2.45, 2.75) is 71.8 Å². The lowest BCUT2D eigenvalue weighted by Gasteiger charge is -2.32. The Bertz CT molecular complexity index is 286. The topological polar surface area (TPSA) is 44.0 Å². The predicted molar refractivity (Wildman–Crippen MR) is 70.4 cm³/mol. The van der Waals surface area contributed by atoms with Crippen LogP contribution in [-0.2, 0) is 0 Å². The summed E-state index contributed by atoms with van der Waals surface area (Å²) in [5, 5.41) is 19.8. The third-order valence-corrected chi connectivity index (χ3v) is 4.53. The van der Waals surface area contributed by atoms with Gasteiger partial charge >= 0.3 is 0 Å². The van der Waals surface area contributed by atoms with E-state index in [2.05, 4.69) is 26.8 Å². The highest BCUT2D eigenvalue weighted by molar-refractivity contribution is 4.99. The van der Waals surface area contributed by atoms with E-state index in [1.54, 1.807) is 0 Å². The molecule has 0 amide bonds. The van der Waals surface area contributed by atoms with Crippen LogP contribution in [0.2, 0.25) is 0 Å². The van der Waals surface area contributed by atoms with E-state index in [-0.39, 0.29) is 5.92 Å². The fourth-order valence-electron chi connectivity index (χ4n) is 3.15. The Balaban J connectivity index is 2.73. The van der Waals surface area contributed by atoms with Crippen molar-refractivity contribution in [1.29, 1.82) is 5.26 Å². The number of nitrogens with zero attached hydrogens (tertiary/aromatic N) is 1. The molecule has 1 rings (SSSR count). The van der Waals surface area contributed by atoms with Crippen LogP contribution in [0.4, 0.5) is 0 Å². The van der Waals surface area contributed by atoms with E-state index in [9.17, 15) is 5.11 Å². The summed E-state index contributed by atoms with van der Waals surface area (Å²) in [5.41, 5.74) is -0.414. The van der Waals surface area contributed by atoms with Gasteiger partial charge in [0.15, 0.2) is 0 Å². The molecule has 17 heavy (non-hydrogen) atoms.